The van der Waals surface area contributed by atoms with Crippen molar-refractivity contribution in [2.24, 2.45) is 5.92 Å². The first-order chi connectivity index (χ1) is 13.7. The number of nitrogens with one attached hydrogen (secondary N) is 1. The number of rotatable bonds is 5. The smallest absolute Gasteiger partial charge is 0.341 e. The summed E-state index contributed by atoms with van der Waals surface area (Å²) in [5.74, 6) is -1.59. The first-order valence-corrected chi connectivity index (χ1v) is 10.3. The van der Waals surface area contributed by atoms with Crippen molar-refractivity contribution in [2.75, 3.05) is 25.0 Å². The molecule has 2 heterocycles. The summed E-state index contributed by atoms with van der Waals surface area (Å²) < 4.78 is 16.9. The second kappa shape index (κ2) is 6.99. The largest absolute Gasteiger partial charge is 0.477 e. The Hall–Kier alpha value is -2.12. The maximum Gasteiger partial charge on any atom is 0.341 e. The standard InChI is InChI=1S/C21H25ClFN3O3/c1-21(2,24-3)11-6-7-25(9-11)18-15(23)8-13-17(16(18)22)26(12-4-5-12)10-14(19(13)27)20(28)29/h8,10-12,24H,4-7,9H2,1-3H3,(H,28,29). The molecule has 4 rings (SSSR count). The van der Waals surface area contributed by atoms with Crippen LogP contribution in [0.4, 0.5) is 10.1 Å². The number of hydrogen-bond acceptors (Lipinski definition) is 4. The summed E-state index contributed by atoms with van der Waals surface area (Å²) in [6.45, 7) is 5.56. The highest BCUT2D eigenvalue weighted by Crippen LogP contribution is 2.43. The SMILES string of the molecule is CNC(C)(C)C1CCN(c2c(F)cc3c(=O)c(C(=O)O)cn(C4CC4)c3c2Cl)C1. The number of benzene rings is 1. The number of carboxylic acid groups (broad SMARTS) is 1. The number of fused-ring (bicyclic) bond motifs is 1. The number of pyridine rings is 1. The molecule has 6 nitrogen and oxygen atoms in total. The van der Waals surface area contributed by atoms with Crippen molar-refractivity contribution in [1.82, 2.24) is 9.88 Å². The minimum atomic E-state index is -1.32. The lowest BCUT2D eigenvalue weighted by molar-refractivity contribution is 0.0695. The van der Waals surface area contributed by atoms with Gasteiger partial charge in [-0.2, -0.15) is 0 Å². The highest BCUT2D eigenvalue weighted by molar-refractivity contribution is 6.38. The Morgan fingerprint density at radius 1 is 1.34 bits per heavy atom. The minimum absolute atomic E-state index is 0.0225. The highest BCUT2D eigenvalue weighted by atomic mass is 35.5. The van der Waals surface area contributed by atoms with Crippen molar-refractivity contribution in [3.63, 3.8) is 0 Å². The number of halogens is 2. The van der Waals surface area contributed by atoms with Gasteiger partial charge in [0.05, 0.1) is 21.6 Å². The molecule has 8 heteroatoms. The second-order valence-corrected chi connectivity index (χ2v) is 9.01. The van der Waals surface area contributed by atoms with E-state index >= 15 is 4.39 Å². The first kappa shape index (κ1) is 20.2. The number of nitrogens with zero attached hydrogens (tertiary/aromatic N) is 2. The molecule has 1 saturated carbocycles. The van der Waals surface area contributed by atoms with Gasteiger partial charge in [0.25, 0.3) is 0 Å². The van der Waals surface area contributed by atoms with Crippen LogP contribution in [0.5, 0.6) is 0 Å². The number of anilines is 1. The van der Waals surface area contributed by atoms with Crippen molar-refractivity contribution in [2.45, 2.75) is 44.7 Å². The molecule has 0 spiro atoms. The molecule has 1 aliphatic heterocycles. The summed E-state index contributed by atoms with van der Waals surface area (Å²) in [6.07, 6.45) is 4.01. The van der Waals surface area contributed by atoms with Crippen LogP contribution in [0.15, 0.2) is 17.1 Å². The van der Waals surface area contributed by atoms with Crippen molar-refractivity contribution in [3.8, 4) is 0 Å². The van der Waals surface area contributed by atoms with Gasteiger partial charge >= 0.3 is 5.97 Å². The number of aromatic carboxylic acids is 1. The quantitative estimate of drug-likeness (QED) is 0.770. The van der Waals surface area contributed by atoms with Gasteiger partial charge in [0.1, 0.15) is 11.4 Å². The normalized spacial score (nSPS) is 19.9. The van der Waals surface area contributed by atoms with Crippen molar-refractivity contribution in [1.29, 1.82) is 0 Å². The average Bonchev–Trinajstić information content (AvgIpc) is 3.39. The van der Waals surface area contributed by atoms with Gasteiger partial charge in [0, 0.05) is 30.9 Å². The molecule has 1 unspecified atom stereocenters. The topological polar surface area (TPSA) is 74.6 Å². The molecule has 1 aliphatic carbocycles. The van der Waals surface area contributed by atoms with Gasteiger partial charge in [0.15, 0.2) is 0 Å². The Bertz CT molecular complexity index is 1060. The molecule has 2 aromatic rings. The minimum Gasteiger partial charge on any atom is -0.477 e. The summed E-state index contributed by atoms with van der Waals surface area (Å²) in [5, 5.41) is 12.9. The van der Waals surface area contributed by atoms with E-state index in [1.807, 2.05) is 11.9 Å². The molecule has 2 fully saturated rings. The van der Waals surface area contributed by atoms with Gasteiger partial charge in [-0.1, -0.05) is 11.6 Å². The van der Waals surface area contributed by atoms with Crippen LogP contribution >= 0.6 is 11.6 Å². The van der Waals surface area contributed by atoms with E-state index < -0.39 is 17.2 Å². The second-order valence-electron chi connectivity index (χ2n) is 8.64. The van der Waals surface area contributed by atoms with Crippen molar-refractivity contribution < 1.29 is 14.3 Å². The third kappa shape index (κ3) is 3.30. The van der Waals surface area contributed by atoms with E-state index in [1.165, 1.54) is 6.20 Å². The van der Waals surface area contributed by atoms with Gasteiger partial charge < -0.3 is 19.9 Å². The van der Waals surface area contributed by atoms with Gasteiger partial charge in [0.2, 0.25) is 5.43 Å². The fourth-order valence-corrected chi connectivity index (χ4v) is 4.68. The van der Waals surface area contributed by atoms with Crippen LogP contribution in [0.2, 0.25) is 5.02 Å². The zero-order valence-corrected chi connectivity index (χ0v) is 17.5. The Labute approximate surface area is 173 Å². The van der Waals surface area contributed by atoms with Crippen LogP contribution in [-0.2, 0) is 0 Å². The molecular weight excluding hydrogens is 397 g/mol. The van der Waals surface area contributed by atoms with E-state index in [0.29, 0.717) is 30.2 Å². The van der Waals surface area contributed by atoms with Gasteiger partial charge in [-0.15, -0.1) is 0 Å². The molecule has 2 aliphatic rings. The predicted octanol–water partition coefficient (Wildman–Crippen LogP) is 3.65. The monoisotopic (exact) mass is 421 g/mol. The highest BCUT2D eigenvalue weighted by Gasteiger charge is 2.37. The lowest BCUT2D eigenvalue weighted by Crippen LogP contribution is -2.45. The number of aromatic nitrogens is 1. The van der Waals surface area contributed by atoms with Crippen LogP contribution in [0.25, 0.3) is 10.9 Å². The van der Waals surface area contributed by atoms with Gasteiger partial charge in [-0.05, 0) is 52.1 Å². The average molecular weight is 422 g/mol. The van der Waals surface area contributed by atoms with E-state index in [4.69, 9.17) is 11.6 Å². The van der Waals surface area contributed by atoms with E-state index in [-0.39, 0.29) is 27.6 Å². The lowest BCUT2D eigenvalue weighted by atomic mass is 9.87. The van der Waals surface area contributed by atoms with Crippen LogP contribution < -0.4 is 15.6 Å². The van der Waals surface area contributed by atoms with E-state index in [2.05, 4.69) is 19.2 Å². The van der Waals surface area contributed by atoms with E-state index in [9.17, 15) is 14.7 Å². The Morgan fingerprint density at radius 2 is 2.03 bits per heavy atom. The molecule has 29 heavy (non-hydrogen) atoms. The van der Waals surface area contributed by atoms with E-state index in [0.717, 1.165) is 25.3 Å². The zero-order valence-electron chi connectivity index (χ0n) is 16.8. The van der Waals surface area contributed by atoms with Gasteiger partial charge in [-0.25, -0.2) is 9.18 Å². The molecular formula is C21H25ClFN3O3. The molecule has 0 amide bonds. The maximum atomic E-state index is 15.2. The molecule has 1 saturated heterocycles. The van der Waals surface area contributed by atoms with E-state index in [1.54, 1.807) is 4.57 Å². The Morgan fingerprint density at radius 3 is 2.62 bits per heavy atom. The molecule has 0 radical (unpaired) electrons. The van der Waals surface area contributed by atoms with Crippen LogP contribution in [0, 0.1) is 11.7 Å². The zero-order chi connectivity index (χ0) is 21.1. The number of hydrogen-bond donors (Lipinski definition) is 2. The molecule has 156 valence electrons. The van der Waals surface area contributed by atoms with Gasteiger partial charge in [-0.3, -0.25) is 4.79 Å². The lowest BCUT2D eigenvalue weighted by Gasteiger charge is -2.32. The number of carbonyl (C=O) groups is 1. The maximum absolute atomic E-state index is 15.2. The fourth-order valence-electron chi connectivity index (χ4n) is 4.27. The first-order valence-electron chi connectivity index (χ1n) is 9.89. The molecule has 1 aromatic carbocycles. The molecule has 1 aromatic heterocycles. The van der Waals surface area contributed by atoms with Crippen molar-refractivity contribution >= 4 is 34.2 Å². The summed E-state index contributed by atoms with van der Waals surface area (Å²) >= 11 is 6.70. The third-order valence-corrected chi connectivity index (χ3v) is 6.88. The fraction of sp³-hybridized carbons (Fsp3) is 0.524. The van der Waals surface area contributed by atoms with Crippen LogP contribution in [0.3, 0.4) is 0 Å². The van der Waals surface area contributed by atoms with Crippen molar-refractivity contribution in [3.05, 3.63) is 38.9 Å². The molecule has 1 atom stereocenters. The predicted molar refractivity (Wildman–Crippen MR) is 112 cm³/mol. The summed E-state index contributed by atoms with van der Waals surface area (Å²) in [5.41, 5.74) is -0.430. The number of carboxylic acids is 1. The summed E-state index contributed by atoms with van der Waals surface area (Å²) in [7, 11) is 1.92. The van der Waals surface area contributed by atoms with Crippen LogP contribution in [0.1, 0.15) is 49.5 Å². The molecule has 0 bridgehead atoms. The third-order valence-electron chi connectivity index (χ3n) is 6.52. The van der Waals surface area contributed by atoms with Crippen LogP contribution in [-0.4, -0.2) is 41.3 Å². The Kier molecular flexibility index (Phi) is 4.86. The summed E-state index contributed by atoms with van der Waals surface area (Å²) in [4.78, 5) is 26.1. The molecule has 2 N–H and O–H groups in total. The summed E-state index contributed by atoms with van der Waals surface area (Å²) in [6, 6.07) is 1.24. The Balaban J connectivity index is 1.88.